The summed E-state index contributed by atoms with van der Waals surface area (Å²) in [6, 6.07) is 13.7. The van der Waals surface area contributed by atoms with Gasteiger partial charge in [0.1, 0.15) is 3.70 Å². The monoisotopic (exact) mass is 387 g/mol. The summed E-state index contributed by atoms with van der Waals surface area (Å²) in [5.74, 6) is -0.0597. The van der Waals surface area contributed by atoms with Crippen LogP contribution >= 0.6 is 22.6 Å². The Morgan fingerprint density at radius 1 is 1.14 bits per heavy atom. The van der Waals surface area contributed by atoms with Gasteiger partial charge in [0.25, 0.3) is 5.91 Å². The molecule has 2 N–H and O–H groups in total. The van der Waals surface area contributed by atoms with Gasteiger partial charge in [0.2, 0.25) is 0 Å². The molecule has 2 heterocycles. The maximum atomic E-state index is 12.1. The summed E-state index contributed by atoms with van der Waals surface area (Å²) in [6.45, 7) is 0. The Hall–Kier alpha value is -2.15. The first-order valence-electron chi connectivity index (χ1n) is 6.48. The van der Waals surface area contributed by atoms with Crippen LogP contribution in [0.5, 0.6) is 0 Å². The Labute approximate surface area is 134 Å². The highest BCUT2D eigenvalue weighted by Gasteiger charge is 2.23. The third-order valence-corrected chi connectivity index (χ3v) is 4.38. The lowest BCUT2D eigenvalue weighted by Gasteiger charge is -1.99. The average molecular weight is 387 g/mol. The third-order valence-electron chi connectivity index (χ3n) is 3.56. The molecule has 0 bridgehead atoms. The van der Waals surface area contributed by atoms with Crippen LogP contribution in [-0.4, -0.2) is 16.1 Å². The minimum absolute atomic E-state index is 0.0597. The Bertz CT molecular complexity index is 911. The van der Waals surface area contributed by atoms with Gasteiger partial charge in [-0.1, -0.05) is 24.3 Å². The van der Waals surface area contributed by atoms with Gasteiger partial charge in [-0.15, -0.1) is 0 Å². The van der Waals surface area contributed by atoms with Crippen LogP contribution < -0.4 is 5.32 Å². The van der Waals surface area contributed by atoms with Crippen molar-refractivity contribution in [3.05, 3.63) is 57.3 Å². The Kier molecular flexibility index (Phi) is 2.81. The van der Waals surface area contributed by atoms with Crippen molar-refractivity contribution in [3.63, 3.8) is 0 Å². The van der Waals surface area contributed by atoms with Gasteiger partial charge in [-0.2, -0.15) is 5.10 Å². The molecular weight excluding hydrogens is 377 g/mol. The van der Waals surface area contributed by atoms with E-state index < -0.39 is 0 Å². The minimum atomic E-state index is -0.0597. The number of benzene rings is 2. The summed E-state index contributed by atoms with van der Waals surface area (Å²) in [7, 11) is 0. The van der Waals surface area contributed by atoms with Crippen LogP contribution in [-0.2, 0) is 4.79 Å². The first-order valence-corrected chi connectivity index (χ1v) is 7.56. The molecule has 2 aromatic carbocycles. The van der Waals surface area contributed by atoms with Crippen LogP contribution in [0.25, 0.3) is 22.6 Å². The second-order valence-electron chi connectivity index (χ2n) is 4.88. The maximum absolute atomic E-state index is 12.1. The number of H-pyrrole nitrogens is 1. The van der Waals surface area contributed by atoms with Gasteiger partial charge < -0.3 is 5.32 Å². The summed E-state index contributed by atoms with van der Waals surface area (Å²) < 4.78 is 0.950. The smallest absolute Gasteiger partial charge is 0.256 e. The molecule has 1 aromatic heterocycles. The summed E-state index contributed by atoms with van der Waals surface area (Å²) in [4.78, 5) is 12.1. The van der Waals surface area contributed by atoms with Crippen LogP contribution in [0.15, 0.2) is 42.5 Å². The fraction of sp³-hybridized carbons (Fsp3) is 0. The largest absolute Gasteiger partial charge is 0.321 e. The summed E-state index contributed by atoms with van der Waals surface area (Å²) in [5, 5.41) is 11.1. The molecule has 0 unspecified atom stereocenters. The lowest BCUT2D eigenvalue weighted by molar-refractivity contribution is -0.110. The van der Waals surface area contributed by atoms with Crippen LogP contribution in [0.3, 0.4) is 0 Å². The highest BCUT2D eigenvalue weighted by atomic mass is 127. The minimum Gasteiger partial charge on any atom is -0.321 e. The van der Waals surface area contributed by atoms with Gasteiger partial charge in [0.15, 0.2) is 0 Å². The van der Waals surface area contributed by atoms with Crippen molar-refractivity contribution in [2.75, 3.05) is 5.32 Å². The molecule has 0 aliphatic carbocycles. The van der Waals surface area contributed by atoms with Gasteiger partial charge in [0.05, 0.1) is 5.52 Å². The van der Waals surface area contributed by atoms with Gasteiger partial charge in [-0.25, -0.2) is 0 Å². The maximum Gasteiger partial charge on any atom is 0.256 e. The van der Waals surface area contributed by atoms with Gasteiger partial charge in [-0.05, 0) is 52.4 Å². The number of halogens is 1. The molecule has 1 aliphatic heterocycles. The van der Waals surface area contributed by atoms with E-state index in [-0.39, 0.29) is 5.91 Å². The molecule has 0 saturated carbocycles. The SMILES string of the molecule is O=C1Nc2ccccc2/C1=C\c1ccc2c(I)n[nH]c2c1. The molecule has 1 amide bonds. The standard InChI is InChI=1S/C16H10IN3O/c17-15-11-6-5-9(8-14(11)19-20-15)7-12-10-3-1-2-4-13(10)18-16(12)21/h1-8H,(H,18,21)(H,19,20)/b12-7+. The normalized spacial score (nSPS) is 15.5. The molecule has 0 atom stereocenters. The number of fused-ring (bicyclic) bond motifs is 2. The number of aromatic amines is 1. The number of nitrogens with one attached hydrogen (secondary N) is 2. The number of aromatic nitrogens is 2. The first-order chi connectivity index (χ1) is 10.2. The Balaban J connectivity index is 1.84. The number of anilines is 1. The van der Waals surface area contributed by atoms with Crippen molar-refractivity contribution < 1.29 is 4.79 Å². The molecule has 0 fully saturated rings. The number of carbonyl (C=O) groups is 1. The molecule has 21 heavy (non-hydrogen) atoms. The number of rotatable bonds is 1. The van der Waals surface area contributed by atoms with Crippen molar-refractivity contribution >= 4 is 56.7 Å². The molecule has 0 spiro atoms. The molecular formula is C16H10IN3O. The van der Waals surface area contributed by atoms with Crippen LogP contribution in [0.4, 0.5) is 5.69 Å². The van der Waals surface area contributed by atoms with E-state index >= 15 is 0 Å². The summed E-state index contributed by atoms with van der Waals surface area (Å²) in [6.07, 6.45) is 1.91. The van der Waals surface area contributed by atoms with E-state index in [9.17, 15) is 4.79 Å². The number of para-hydroxylation sites is 1. The highest BCUT2D eigenvalue weighted by Crippen LogP contribution is 2.33. The number of nitrogens with zero attached hydrogens (tertiary/aromatic N) is 1. The summed E-state index contributed by atoms with van der Waals surface area (Å²) >= 11 is 2.20. The molecule has 102 valence electrons. The number of amides is 1. The molecule has 4 rings (SSSR count). The quantitative estimate of drug-likeness (QED) is 0.495. The molecule has 3 aromatic rings. The molecule has 1 aliphatic rings. The second-order valence-corrected chi connectivity index (χ2v) is 5.90. The van der Waals surface area contributed by atoms with Gasteiger partial charge >= 0.3 is 0 Å². The third kappa shape index (κ3) is 2.04. The van der Waals surface area contributed by atoms with E-state index in [4.69, 9.17) is 0 Å². The Morgan fingerprint density at radius 2 is 2.00 bits per heavy atom. The zero-order chi connectivity index (χ0) is 14.4. The van der Waals surface area contributed by atoms with E-state index in [0.717, 1.165) is 31.4 Å². The van der Waals surface area contributed by atoms with E-state index in [1.165, 1.54) is 0 Å². The van der Waals surface area contributed by atoms with Crippen LogP contribution in [0.2, 0.25) is 0 Å². The topological polar surface area (TPSA) is 57.8 Å². The lowest BCUT2D eigenvalue weighted by atomic mass is 10.0. The number of carbonyl (C=O) groups excluding carboxylic acids is 1. The van der Waals surface area contributed by atoms with E-state index in [1.54, 1.807) is 0 Å². The average Bonchev–Trinajstić information content (AvgIpc) is 3.01. The van der Waals surface area contributed by atoms with Crippen molar-refractivity contribution in [1.82, 2.24) is 10.2 Å². The van der Waals surface area contributed by atoms with E-state index in [0.29, 0.717) is 5.57 Å². The van der Waals surface area contributed by atoms with Crippen molar-refractivity contribution in [2.45, 2.75) is 0 Å². The van der Waals surface area contributed by atoms with Crippen LogP contribution in [0.1, 0.15) is 11.1 Å². The molecule has 5 heteroatoms. The van der Waals surface area contributed by atoms with E-state index in [1.807, 2.05) is 48.5 Å². The zero-order valence-corrected chi connectivity index (χ0v) is 13.0. The van der Waals surface area contributed by atoms with Gasteiger partial charge in [0, 0.05) is 22.2 Å². The first kappa shape index (κ1) is 12.6. The zero-order valence-electron chi connectivity index (χ0n) is 10.9. The Morgan fingerprint density at radius 3 is 2.90 bits per heavy atom. The van der Waals surface area contributed by atoms with Crippen molar-refractivity contribution in [1.29, 1.82) is 0 Å². The second kappa shape index (κ2) is 4.70. The number of hydrogen-bond donors (Lipinski definition) is 2. The van der Waals surface area contributed by atoms with Gasteiger partial charge in [-0.3, -0.25) is 9.89 Å². The van der Waals surface area contributed by atoms with Crippen LogP contribution in [0, 0.1) is 3.70 Å². The van der Waals surface area contributed by atoms with E-state index in [2.05, 4.69) is 38.1 Å². The molecule has 4 nitrogen and oxygen atoms in total. The highest BCUT2D eigenvalue weighted by molar-refractivity contribution is 14.1. The molecule has 0 saturated heterocycles. The lowest BCUT2D eigenvalue weighted by Crippen LogP contribution is -2.03. The molecule has 0 radical (unpaired) electrons. The van der Waals surface area contributed by atoms with Crippen molar-refractivity contribution in [2.24, 2.45) is 0 Å². The summed E-state index contributed by atoms with van der Waals surface area (Å²) in [5.41, 5.74) is 4.46. The predicted molar refractivity (Wildman–Crippen MR) is 91.8 cm³/mol. The number of hydrogen-bond acceptors (Lipinski definition) is 2. The predicted octanol–water partition coefficient (Wildman–Crippen LogP) is 3.66. The van der Waals surface area contributed by atoms with Crippen molar-refractivity contribution in [3.8, 4) is 0 Å². The fourth-order valence-electron chi connectivity index (χ4n) is 2.54. The fourth-order valence-corrected chi connectivity index (χ4v) is 3.13.